The Balaban J connectivity index is 1.42. The number of carbonyl (C=O) groups excluding carboxylic acids is 2. The Morgan fingerprint density at radius 1 is 1.36 bits per heavy atom. The van der Waals surface area contributed by atoms with Crippen LogP contribution in [0.15, 0.2) is 29.4 Å². The third-order valence-electron chi connectivity index (χ3n) is 4.09. The second kappa shape index (κ2) is 8.24. The minimum absolute atomic E-state index is 0.0139. The van der Waals surface area contributed by atoms with E-state index in [4.69, 9.17) is 4.74 Å². The predicted octanol–water partition coefficient (Wildman–Crippen LogP) is 2.39. The first-order valence-electron chi connectivity index (χ1n) is 8.44. The molecule has 25 heavy (non-hydrogen) atoms. The topological polar surface area (TPSA) is 87.3 Å². The zero-order chi connectivity index (χ0) is 17.6. The Morgan fingerprint density at radius 3 is 2.84 bits per heavy atom. The SMILES string of the molecule is CCOC(=O)N1CCC(NC(=O)CSc2nc3ccccc3[nH]2)CC1. The molecule has 1 aromatic carbocycles. The number of nitrogens with one attached hydrogen (secondary N) is 2. The predicted molar refractivity (Wildman–Crippen MR) is 96.6 cm³/mol. The smallest absolute Gasteiger partial charge is 0.409 e. The zero-order valence-electron chi connectivity index (χ0n) is 14.2. The Bertz CT molecular complexity index is 707. The molecule has 1 saturated heterocycles. The van der Waals surface area contributed by atoms with E-state index in [2.05, 4.69) is 15.3 Å². The molecule has 8 heteroatoms. The van der Waals surface area contributed by atoms with Gasteiger partial charge in [-0.05, 0) is 31.9 Å². The number of likely N-dealkylation sites (tertiary alicyclic amines) is 1. The summed E-state index contributed by atoms with van der Waals surface area (Å²) >= 11 is 1.39. The van der Waals surface area contributed by atoms with Gasteiger partial charge in [-0.15, -0.1) is 0 Å². The number of fused-ring (bicyclic) bond motifs is 1. The number of H-pyrrole nitrogens is 1. The average Bonchev–Trinajstić information content (AvgIpc) is 3.04. The molecule has 0 radical (unpaired) electrons. The average molecular weight is 362 g/mol. The van der Waals surface area contributed by atoms with Gasteiger partial charge in [-0.1, -0.05) is 23.9 Å². The van der Waals surface area contributed by atoms with Crippen LogP contribution in [0.2, 0.25) is 0 Å². The molecule has 134 valence electrons. The number of benzene rings is 1. The Labute approximate surface area is 150 Å². The van der Waals surface area contributed by atoms with Crippen LogP contribution in [0.25, 0.3) is 11.0 Å². The van der Waals surface area contributed by atoms with Crippen LogP contribution in [0.4, 0.5) is 4.79 Å². The number of aromatic amines is 1. The molecule has 2 amide bonds. The van der Waals surface area contributed by atoms with Gasteiger partial charge in [0.05, 0.1) is 23.4 Å². The third kappa shape index (κ3) is 4.66. The molecule has 1 fully saturated rings. The summed E-state index contributed by atoms with van der Waals surface area (Å²) in [5.74, 6) is 0.304. The largest absolute Gasteiger partial charge is 0.450 e. The maximum Gasteiger partial charge on any atom is 0.409 e. The summed E-state index contributed by atoms with van der Waals surface area (Å²) in [7, 11) is 0. The van der Waals surface area contributed by atoms with E-state index >= 15 is 0 Å². The first-order valence-corrected chi connectivity index (χ1v) is 9.43. The molecule has 2 heterocycles. The van der Waals surface area contributed by atoms with Crippen LogP contribution in [0, 0.1) is 0 Å². The molecular formula is C17H22N4O3S. The molecule has 0 atom stereocenters. The van der Waals surface area contributed by atoms with Crippen LogP contribution in [-0.4, -0.2) is 58.4 Å². The molecule has 7 nitrogen and oxygen atoms in total. The molecule has 1 aromatic heterocycles. The van der Waals surface area contributed by atoms with Gasteiger partial charge in [0.1, 0.15) is 0 Å². The second-order valence-electron chi connectivity index (χ2n) is 5.88. The van der Waals surface area contributed by atoms with Gasteiger partial charge in [0.25, 0.3) is 0 Å². The highest BCUT2D eigenvalue weighted by atomic mass is 32.2. The summed E-state index contributed by atoms with van der Waals surface area (Å²) < 4.78 is 5.00. The molecular weight excluding hydrogens is 340 g/mol. The van der Waals surface area contributed by atoms with Crippen molar-refractivity contribution in [3.63, 3.8) is 0 Å². The molecule has 1 aliphatic heterocycles. The van der Waals surface area contributed by atoms with Crippen LogP contribution in [0.1, 0.15) is 19.8 Å². The molecule has 2 aromatic rings. The van der Waals surface area contributed by atoms with Gasteiger partial charge in [-0.3, -0.25) is 4.79 Å². The van der Waals surface area contributed by atoms with E-state index < -0.39 is 0 Å². The fourth-order valence-corrected chi connectivity index (χ4v) is 3.52. The van der Waals surface area contributed by atoms with Gasteiger partial charge in [0.2, 0.25) is 5.91 Å². The van der Waals surface area contributed by atoms with Crippen LogP contribution < -0.4 is 5.32 Å². The molecule has 0 aliphatic carbocycles. The van der Waals surface area contributed by atoms with E-state index in [1.54, 1.807) is 11.8 Å². The lowest BCUT2D eigenvalue weighted by Gasteiger charge is -2.31. The van der Waals surface area contributed by atoms with Crippen molar-refractivity contribution in [2.75, 3.05) is 25.4 Å². The summed E-state index contributed by atoms with van der Waals surface area (Å²) in [5.41, 5.74) is 1.87. The molecule has 0 saturated carbocycles. The number of hydrogen-bond acceptors (Lipinski definition) is 5. The van der Waals surface area contributed by atoms with Gasteiger partial charge < -0.3 is 19.9 Å². The number of nitrogens with zero attached hydrogens (tertiary/aromatic N) is 2. The fraction of sp³-hybridized carbons (Fsp3) is 0.471. The van der Waals surface area contributed by atoms with Crippen LogP contribution in [-0.2, 0) is 9.53 Å². The number of rotatable bonds is 5. The number of aromatic nitrogens is 2. The molecule has 0 unspecified atom stereocenters. The standard InChI is InChI=1S/C17H22N4O3S/c1-2-24-17(23)21-9-7-12(8-10-21)18-15(22)11-25-16-19-13-5-3-4-6-14(13)20-16/h3-6,12H,2,7-11H2,1H3,(H,18,22)(H,19,20). The molecule has 1 aliphatic rings. The van der Waals surface area contributed by atoms with Crippen molar-refractivity contribution >= 4 is 34.8 Å². The van der Waals surface area contributed by atoms with Gasteiger partial charge in [-0.2, -0.15) is 0 Å². The number of piperidine rings is 1. The Hall–Kier alpha value is -2.22. The van der Waals surface area contributed by atoms with Crippen LogP contribution in [0.3, 0.4) is 0 Å². The lowest BCUT2D eigenvalue weighted by Crippen LogP contribution is -2.47. The number of hydrogen-bond donors (Lipinski definition) is 2. The van der Waals surface area contributed by atoms with E-state index in [1.807, 2.05) is 24.3 Å². The van der Waals surface area contributed by atoms with Gasteiger partial charge in [-0.25, -0.2) is 9.78 Å². The lowest BCUT2D eigenvalue weighted by molar-refractivity contribution is -0.119. The van der Waals surface area contributed by atoms with Crippen molar-refractivity contribution in [3.8, 4) is 0 Å². The highest BCUT2D eigenvalue weighted by Gasteiger charge is 2.24. The number of carbonyl (C=O) groups is 2. The Morgan fingerprint density at radius 2 is 2.12 bits per heavy atom. The van der Waals surface area contributed by atoms with E-state index in [-0.39, 0.29) is 18.0 Å². The summed E-state index contributed by atoms with van der Waals surface area (Å²) in [6.07, 6.45) is 1.23. The normalized spacial score (nSPS) is 15.3. The lowest BCUT2D eigenvalue weighted by atomic mass is 10.1. The third-order valence-corrected chi connectivity index (χ3v) is 4.97. The van der Waals surface area contributed by atoms with Crippen molar-refractivity contribution in [1.82, 2.24) is 20.2 Å². The number of amides is 2. The van der Waals surface area contributed by atoms with Crippen molar-refractivity contribution in [2.45, 2.75) is 31.0 Å². The number of ether oxygens (including phenoxy) is 1. The number of para-hydroxylation sites is 2. The van der Waals surface area contributed by atoms with E-state index in [0.717, 1.165) is 29.0 Å². The molecule has 0 bridgehead atoms. The van der Waals surface area contributed by atoms with Crippen LogP contribution in [0.5, 0.6) is 0 Å². The summed E-state index contributed by atoms with van der Waals surface area (Å²) in [5, 5.41) is 3.78. The summed E-state index contributed by atoms with van der Waals surface area (Å²) in [6, 6.07) is 7.89. The van der Waals surface area contributed by atoms with E-state index in [1.165, 1.54) is 11.8 Å². The van der Waals surface area contributed by atoms with Crippen molar-refractivity contribution in [2.24, 2.45) is 0 Å². The second-order valence-corrected chi connectivity index (χ2v) is 6.84. The zero-order valence-corrected chi connectivity index (χ0v) is 15.0. The first kappa shape index (κ1) is 17.6. The molecule has 0 spiro atoms. The first-order chi connectivity index (χ1) is 12.2. The van der Waals surface area contributed by atoms with E-state index in [9.17, 15) is 9.59 Å². The number of imidazole rings is 1. The fourth-order valence-electron chi connectivity index (χ4n) is 2.82. The minimum Gasteiger partial charge on any atom is -0.450 e. The monoisotopic (exact) mass is 362 g/mol. The number of thioether (sulfide) groups is 1. The van der Waals surface area contributed by atoms with Crippen molar-refractivity contribution < 1.29 is 14.3 Å². The molecule has 2 N–H and O–H groups in total. The highest BCUT2D eigenvalue weighted by Crippen LogP contribution is 2.19. The summed E-state index contributed by atoms with van der Waals surface area (Å²) in [6.45, 7) is 3.40. The van der Waals surface area contributed by atoms with Crippen molar-refractivity contribution in [3.05, 3.63) is 24.3 Å². The van der Waals surface area contributed by atoms with Gasteiger partial charge in [0.15, 0.2) is 5.16 Å². The van der Waals surface area contributed by atoms with E-state index in [0.29, 0.717) is 25.4 Å². The molecule has 3 rings (SSSR count). The Kier molecular flexibility index (Phi) is 5.80. The van der Waals surface area contributed by atoms with Crippen molar-refractivity contribution in [1.29, 1.82) is 0 Å². The van der Waals surface area contributed by atoms with Gasteiger partial charge >= 0.3 is 6.09 Å². The minimum atomic E-state index is -0.271. The van der Waals surface area contributed by atoms with Gasteiger partial charge in [0, 0.05) is 19.1 Å². The van der Waals surface area contributed by atoms with Crippen LogP contribution >= 0.6 is 11.8 Å². The maximum absolute atomic E-state index is 12.1. The quantitative estimate of drug-likeness (QED) is 0.798. The summed E-state index contributed by atoms with van der Waals surface area (Å²) in [4.78, 5) is 33.1. The highest BCUT2D eigenvalue weighted by molar-refractivity contribution is 7.99. The maximum atomic E-state index is 12.1.